The van der Waals surface area contributed by atoms with Crippen molar-refractivity contribution in [3.8, 4) is 0 Å². The quantitative estimate of drug-likeness (QED) is 0.594. The summed E-state index contributed by atoms with van der Waals surface area (Å²) in [5, 5.41) is 0. The van der Waals surface area contributed by atoms with Crippen LogP contribution in [0.3, 0.4) is 0 Å². The van der Waals surface area contributed by atoms with Crippen LogP contribution in [0.1, 0.15) is 33.3 Å². The number of aryl methyl sites for hydroxylation is 1. The van der Waals surface area contributed by atoms with Gasteiger partial charge in [-0.25, -0.2) is 0 Å². The van der Waals surface area contributed by atoms with E-state index in [0.717, 1.165) is 6.42 Å². The molecule has 1 aromatic rings. The Morgan fingerprint density at radius 2 is 1.38 bits per heavy atom. The van der Waals surface area contributed by atoms with Crippen LogP contribution >= 0.6 is 9.24 Å². The van der Waals surface area contributed by atoms with Gasteiger partial charge in [-0.15, -0.1) is 9.24 Å². The van der Waals surface area contributed by atoms with Crippen LogP contribution in [-0.4, -0.2) is 6.16 Å². The van der Waals surface area contributed by atoms with Gasteiger partial charge in [0.25, 0.3) is 0 Å². The van der Waals surface area contributed by atoms with Crippen LogP contribution in [0.2, 0.25) is 0 Å². The van der Waals surface area contributed by atoms with Crippen molar-refractivity contribution >= 4 is 9.24 Å². The van der Waals surface area contributed by atoms with E-state index >= 15 is 0 Å². The maximum absolute atomic E-state index is 2.58. The third-order valence-electron chi connectivity index (χ3n) is 1.25. The van der Waals surface area contributed by atoms with Gasteiger partial charge in [-0.1, -0.05) is 58.0 Å². The summed E-state index contributed by atoms with van der Waals surface area (Å²) >= 11 is 0. The van der Waals surface area contributed by atoms with E-state index in [4.69, 9.17) is 0 Å². The molecule has 1 unspecified atom stereocenters. The fourth-order valence-electron chi connectivity index (χ4n) is 0.714. The monoisotopic (exact) mass is 198 g/mol. The van der Waals surface area contributed by atoms with Crippen LogP contribution in [0.15, 0.2) is 30.3 Å². The summed E-state index contributed by atoms with van der Waals surface area (Å²) in [4.78, 5) is 0. The van der Waals surface area contributed by atoms with Gasteiger partial charge in [0.1, 0.15) is 0 Å². The molecular weight excluding hydrogens is 175 g/mol. The highest BCUT2D eigenvalue weighted by atomic mass is 31.0. The predicted octanol–water partition coefficient (Wildman–Crippen LogP) is 4.16. The highest BCUT2D eigenvalue weighted by Gasteiger charge is 1.79. The van der Waals surface area contributed by atoms with Gasteiger partial charge in [0.2, 0.25) is 0 Å². The largest absolute Gasteiger partial charge is 0.138 e. The first-order valence-corrected chi connectivity index (χ1v) is 5.90. The van der Waals surface area contributed by atoms with E-state index in [1.165, 1.54) is 11.7 Å². The molecule has 0 heterocycles. The van der Waals surface area contributed by atoms with Crippen molar-refractivity contribution in [2.24, 2.45) is 0 Å². The lowest BCUT2D eigenvalue weighted by Gasteiger charge is -1.89. The van der Waals surface area contributed by atoms with Gasteiger partial charge < -0.3 is 0 Å². The minimum Gasteiger partial charge on any atom is -0.138 e. The molecule has 0 fully saturated rings. The van der Waals surface area contributed by atoms with E-state index in [2.05, 4.69) is 47.4 Å². The van der Waals surface area contributed by atoms with E-state index in [0.29, 0.717) is 0 Å². The Labute approximate surface area is 86.0 Å². The zero-order valence-corrected chi connectivity index (χ0v) is 10.5. The molecule has 1 rings (SSSR count). The number of hydrogen-bond acceptors (Lipinski definition) is 0. The summed E-state index contributed by atoms with van der Waals surface area (Å²) in [6, 6.07) is 10.5. The van der Waals surface area contributed by atoms with Gasteiger partial charge >= 0.3 is 0 Å². The smallest absolute Gasteiger partial charge is 0.0307 e. The molecule has 1 heteroatoms. The Bertz CT molecular complexity index is 158. The highest BCUT2D eigenvalue weighted by molar-refractivity contribution is 7.16. The van der Waals surface area contributed by atoms with Crippen LogP contribution in [-0.2, 0) is 6.42 Å². The summed E-state index contributed by atoms with van der Waals surface area (Å²) < 4.78 is 0. The van der Waals surface area contributed by atoms with Crippen LogP contribution < -0.4 is 0 Å². The molecule has 76 valence electrons. The SMILES string of the molecule is CC.CCP.CCc1ccccc1. The normalized spacial score (nSPS) is 7.46. The second-order valence-electron chi connectivity index (χ2n) is 2.25. The fourth-order valence-corrected chi connectivity index (χ4v) is 0.714. The van der Waals surface area contributed by atoms with Crippen LogP contribution in [0.4, 0.5) is 0 Å². The molecule has 0 saturated carbocycles. The van der Waals surface area contributed by atoms with Crippen LogP contribution in [0.25, 0.3) is 0 Å². The maximum atomic E-state index is 2.58. The zero-order valence-electron chi connectivity index (χ0n) is 9.38. The van der Waals surface area contributed by atoms with Crippen molar-refractivity contribution in [1.82, 2.24) is 0 Å². The molecule has 0 N–H and O–H groups in total. The molecule has 0 aliphatic carbocycles. The van der Waals surface area contributed by atoms with E-state index in [9.17, 15) is 0 Å². The van der Waals surface area contributed by atoms with E-state index < -0.39 is 0 Å². The number of hydrogen-bond donors (Lipinski definition) is 0. The lowest BCUT2D eigenvalue weighted by Crippen LogP contribution is -1.73. The third-order valence-corrected chi connectivity index (χ3v) is 1.25. The Morgan fingerprint density at radius 1 is 1.00 bits per heavy atom. The zero-order chi connectivity index (χ0) is 10.5. The molecule has 0 aromatic heterocycles. The van der Waals surface area contributed by atoms with Crippen molar-refractivity contribution < 1.29 is 0 Å². The molecule has 0 nitrogen and oxygen atoms in total. The molecule has 1 atom stereocenters. The average molecular weight is 198 g/mol. The first-order chi connectivity index (χ1) is 6.35. The second-order valence-corrected chi connectivity index (χ2v) is 3.06. The fraction of sp³-hybridized carbons (Fsp3) is 0.500. The Hall–Kier alpha value is -0.350. The minimum absolute atomic E-state index is 1.14. The molecule has 0 bridgehead atoms. The standard InChI is InChI=1S/C8H10.C2H7P.C2H6/c1-2-8-6-4-3-5-7-8;1-2-3;1-2/h3-7H,2H2,1H3;2-3H2,1H3;1-2H3. The van der Waals surface area contributed by atoms with Gasteiger partial charge in [0.05, 0.1) is 0 Å². The van der Waals surface area contributed by atoms with Crippen LogP contribution in [0.5, 0.6) is 0 Å². The van der Waals surface area contributed by atoms with Gasteiger partial charge in [-0.2, -0.15) is 0 Å². The minimum atomic E-state index is 1.14. The van der Waals surface area contributed by atoms with E-state index in [-0.39, 0.29) is 0 Å². The molecular formula is C12H23P. The van der Waals surface area contributed by atoms with Crippen LogP contribution in [0, 0.1) is 0 Å². The summed E-state index contributed by atoms with van der Waals surface area (Å²) in [7, 11) is 2.58. The third kappa shape index (κ3) is 11.7. The Balaban J connectivity index is 0. The lowest BCUT2D eigenvalue weighted by atomic mass is 10.2. The first kappa shape index (κ1) is 15.1. The number of benzene rings is 1. The molecule has 0 radical (unpaired) electrons. The van der Waals surface area contributed by atoms with Gasteiger partial charge in [0, 0.05) is 0 Å². The Morgan fingerprint density at radius 3 is 1.62 bits per heavy atom. The Kier molecular flexibility index (Phi) is 16.5. The van der Waals surface area contributed by atoms with Crippen molar-refractivity contribution in [2.45, 2.75) is 34.1 Å². The first-order valence-electron chi connectivity index (χ1n) is 5.09. The summed E-state index contributed by atoms with van der Waals surface area (Å²) in [5.41, 5.74) is 1.41. The van der Waals surface area contributed by atoms with Gasteiger partial charge in [0.15, 0.2) is 0 Å². The van der Waals surface area contributed by atoms with Crippen molar-refractivity contribution in [1.29, 1.82) is 0 Å². The van der Waals surface area contributed by atoms with E-state index in [1.54, 1.807) is 0 Å². The lowest BCUT2D eigenvalue weighted by molar-refractivity contribution is 1.14. The summed E-state index contributed by atoms with van der Waals surface area (Å²) in [5.74, 6) is 0. The van der Waals surface area contributed by atoms with Gasteiger partial charge in [-0.05, 0) is 18.1 Å². The predicted molar refractivity (Wildman–Crippen MR) is 67.4 cm³/mol. The number of rotatable bonds is 1. The van der Waals surface area contributed by atoms with Crippen molar-refractivity contribution in [3.63, 3.8) is 0 Å². The van der Waals surface area contributed by atoms with E-state index in [1.807, 2.05) is 19.9 Å². The second kappa shape index (κ2) is 14.2. The molecule has 0 aliphatic heterocycles. The molecule has 0 saturated heterocycles. The molecule has 0 spiro atoms. The molecule has 0 amide bonds. The highest BCUT2D eigenvalue weighted by Crippen LogP contribution is 1.96. The van der Waals surface area contributed by atoms with Crippen molar-refractivity contribution in [2.75, 3.05) is 6.16 Å². The summed E-state index contributed by atoms with van der Waals surface area (Å²) in [6.07, 6.45) is 2.31. The van der Waals surface area contributed by atoms with Gasteiger partial charge in [-0.3, -0.25) is 0 Å². The summed E-state index contributed by atoms with van der Waals surface area (Å²) in [6.45, 7) is 8.25. The molecule has 0 aliphatic rings. The maximum Gasteiger partial charge on any atom is -0.0307 e. The average Bonchev–Trinajstić information content (AvgIpc) is 2.23. The topological polar surface area (TPSA) is 0 Å². The van der Waals surface area contributed by atoms with Crippen molar-refractivity contribution in [3.05, 3.63) is 35.9 Å². The molecule has 13 heavy (non-hydrogen) atoms. The molecule has 1 aromatic carbocycles.